The van der Waals surface area contributed by atoms with Crippen molar-refractivity contribution in [2.75, 3.05) is 0 Å². The van der Waals surface area contributed by atoms with E-state index in [-0.39, 0.29) is 0 Å². The first-order chi connectivity index (χ1) is 9.22. The van der Waals surface area contributed by atoms with Crippen LogP contribution >= 0.6 is 15.9 Å². The van der Waals surface area contributed by atoms with Gasteiger partial charge in [-0.05, 0) is 25.3 Å². The van der Waals surface area contributed by atoms with Gasteiger partial charge in [-0.3, -0.25) is 0 Å². The zero-order valence-corrected chi connectivity index (χ0v) is 14.2. The minimum absolute atomic E-state index is 0.643. The van der Waals surface area contributed by atoms with Gasteiger partial charge < -0.3 is 0 Å². The van der Waals surface area contributed by atoms with Gasteiger partial charge in [0.2, 0.25) is 0 Å². The highest BCUT2D eigenvalue weighted by Gasteiger charge is 2.05. The third kappa shape index (κ3) is 8.47. The van der Waals surface area contributed by atoms with Crippen LogP contribution < -0.4 is 0 Å². The van der Waals surface area contributed by atoms with Crippen molar-refractivity contribution >= 4 is 15.9 Å². The number of hydrogen-bond donors (Lipinski definition) is 0. The van der Waals surface area contributed by atoms with E-state index >= 15 is 0 Å². The van der Waals surface area contributed by atoms with Gasteiger partial charge in [0, 0.05) is 4.83 Å². The second kappa shape index (κ2) is 10.5. The summed E-state index contributed by atoms with van der Waals surface area (Å²) in [5.74, 6) is 0. The lowest BCUT2D eigenvalue weighted by Gasteiger charge is -2.10. The maximum atomic E-state index is 3.83. The van der Waals surface area contributed by atoms with Crippen molar-refractivity contribution in [3.8, 4) is 0 Å². The van der Waals surface area contributed by atoms with E-state index in [0.29, 0.717) is 4.83 Å². The first kappa shape index (κ1) is 16.8. The smallest absolute Gasteiger partial charge is 0.0186 e. The molecule has 0 N–H and O–H groups in total. The molecule has 1 aromatic carbocycles. The van der Waals surface area contributed by atoms with E-state index in [4.69, 9.17) is 0 Å². The van der Waals surface area contributed by atoms with Gasteiger partial charge in [-0.2, -0.15) is 0 Å². The van der Waals surface area contributed by atoms with Crippen LogP contribution in [-0.2, 0) is 6.42 Å². The van der Waals surface area contributed by atoms with Gasteiger partial charge in [0.05, 0.1) is 0 Å². The lowest BCUT2D eigenvalue weighted by molar-refractivity contribution is 0.570. The van der Waals surface area contributed by atoms with Crippen molar-refractivity contribution in [1.29, 1.82) is 0 Å². The SMILES string of the molecule is CCCCCCCCCC(Br)Cc1cccc(C)c1. The van der Waals surface area contributed by atoms with Crippen LogP contribution in [0.1, 0.15) is 69.4 Å². The minimum Gasteiger partial charge on any atom is -0.0887 e. The molecule has 0 bridgehead atoms. The van der Waals surface area contributed by atoms with Crippen molar-refractivity contribution in [1.82, 2.24) is 0 Å². The predicted octanol–water partition coefficient (Wildman–Crippen LogP) is 6.44. The summed E-state index contributed by atoms with van der Waals surface area (Å²) in [5.41, 5.74) is 2.83. The number of unbranched alkanes of at least 4 members (excludes halogenated alkanes) is 6. The van der Waals surface area contributed by atoms with Gasteiger partial charge in [0.15, 0.2) is 0 Å². The van der Waals surface area contributed by atoms with E-state index < -0.39 is 0 Å². The Morgan fingerprint density at radius 1 is 1.00 bits per heavy atom. The summed E-state index contributed by atoms with van der Waals surface area (Å²) in [7, 11) is 0. The van der Waals surface area contributed by atoms with Crippen LogP contribution in [-0.4, -0.2) is 4.83 Å². The molecule has 1 atom stereocenters. The monoisotopic (exact) mass is 324 g/mol. The highest BCUT2D eigenvalue weighted by Crippen LogP contribution is 2.18. The van der Waals surface area contributed by atoms with E-state index in [2.05, 4.69) is 54.0 Å². The van der Waals surface area contributed by atoms with Gasteiger partial charge in [-0.25, -0.2) is 0 Å². The van der Waals surface area contributed by atoms with Gasteiger partial charge in [-0.15, -0.1) is 0 Å². The van der Waals surface area contributed by atoms with Crippen molar-refractivity contribution < 1.29 is 0 Å². The number of alkyl halides is 1. The fourth-order valence-electron chi connectivity index (χ4n) is 2.52. The van der Waals surface area contributed by atoms with Crippen molar-refractivity contribution in [3.05, 3.63) is 35.4 Å². The minimum atomic E-state index is 0.643. The molecule has 0 nitrogen and oxygen atoms in total. The quantitative estimate of drug-likeness (QED) is 0.343. The van der Waals surface area contributed by atoms with Gasteiger partial charge in [-0.1, -0.05) is 97.6 Å². The second-order valence-corrected chi connectivity index (χ2v) is 7.00. The molecule has 0 aliphatic heterocycles. The highest BCUT2D eigenvalue weighted by molar-refractivity contribution is 9.09. The average Bonchev–Trinajstić information content (AvgIpc) is 2.37. The molecule has 0 fully saturated rings. The van der Waals surface area contributed by atoms with E-state index in [1.807, 2.05) is 0 Å². The van der Waals surface area contributed by atoms with Gasteiger partial charge in [0.25, 0.3) is 0 Å². The van der Waals surface area contributed by atoms with Crippen LogP contribution in [0.5, 0.6) is 0 Å². The molecule has 0 aliphatic carbocycles. The van der Waals surface area contributed by atoms with E-state index in [1.54, 1.807) is 0 Å². The molecule has 1 rings (SSSR count). The Labute approximate surface area is 128 Å². The van der Waals surface area contributed by atoms with Gasteiger partial charge >= 0.3 is 0 Å². The molecular weight excluding hydrogens is 296 g/mol. The highest BCUT2D eigenvalue weighted by atomic mass is 79.9. The molecule has 0 heterocycles. The summed E-state index contributed by atoms with van der Waals surface area (Å²) in [6.07, 6.45) is 12.3. The first-order valence-electron chi connectivity index (χ1n) is 7.92. The summed E-state index contributed by atoms with van der Waals surface area (Å²) in [6, 6.07) is 8.88. The fraction of sp³-hybridized carbons (Fsp3) is 0.667. The molecule has 19 heavy (non-hydrogen) atoms. The van der Waals surface area contributed by atoms with Crippen LogP contribution in [0.4, 0.5) is 0 Å². The van der Waals surface area contributed by atoms with E-state index in [1.165, 1.54) is 62.5 Å². The van der Waals surface area contributed by atoms with Crippen molar-refractivity contribution in [3.63, 3.8) is 0 Å². The third-order valence-corrected chi connectivity index (χ3v) is 4.44. The molecule has 1 unspecified atom stereocenters. The number of halogens is 1. The summed E-state index contributed by atoms with van der Waals surface area (Å²) in [6.45, 7) is 4.45. The molecule has 0 saturated heterocycles. The van der Waals surface area contributed by atoms with Crippen molar-refractivity contribution in [2.24, 2.45) is 0 Å². The fourth-order valence-corrected chi connectivity index (χ4v) is 3.22. The van der Waals surface area contributed by atoms with Crippen LogP contribution in [0.2, 0.25) is 0 Å². The Bertz CT molecular complexity index is 332. The molecule has 1 aromatic rings. The summed E-state index contributed by atoms with van der Waals surface area (Å²) in [5, 5.41) is 0. The number of rotatable bonds is 10. The molecule has 0 radical (unpaired) electrons. The molecule has 1 heteroatoms. The van der Waals surface area contributed by atoms with Crippen molar-refractivity contribution in [2.45, 2.75) is 76.5 Å². The summed E-state index contributed by atoms with van der Waals surface area (Å²) < 4.78 is 0. The normalized spacial score (nSPS) is 12.6. The van der Waals surface area contributed by atoms with Crippen LogP contribution in [0.25, 0.3) is 0 Å². The lowest BCUT2D eigenvalue weighted by atomic mass is 10.0. The predicted molar refractivity (Wildman–Crippen MR) is 90.2 cm³/mol. The Morgan fingerprint density at radius 3 is 2.37 bits per heavy atom. The first-order valence-corrected chi connectivity index (χ1v) is 8.83. The number of aryl methyl sites for hydroxylation is 1. The van der Waals surface area contributed by atoms with Crippen LogP contribution in [0.15, 0.2) is 24.3 Å². The van der Waals surface area contributed by atoms with Crippen LogP contribution in [0, 0.1) is 6.92 Å². The summed E-state index contributed by atoms with van der Waals surface area (Å²) >= 11 is 3.83. The Hall–Kier alpha value is -0.300. The largest absolute Gasteiger partial charge is 0.0887 e. The molecule has 108 valence electrons. The average molecular weight is 325 g/mol. The maximum absolute atomic E-state index is 3.83. The molecule has 0 saturated carbocycles. The topological polar surface area (TPSA) is 0 Å². The molecule has 0 aliphatic rings. The number of hydrogen-bond acceptors (Lipinski definition) is 0. The van der Waals surface area contributed by atoms with Crippen LogP contribution in [0.3, 0.4) is 0 Å². The second-order valence-electron chi connectivity index (χ2n) is 5.70. The van der Waals surface area contributed by atoms with E-state index in [9.17, 15) is 0 Å². The summed E-state index contributed by atoms with van der Waals surface area (Å²) in [4.78, 5) is 0.643. The Kier molecular flexibility index (Phi) is 9.24. The Balaban J connectivity index is 2.06. The molecule has 0 aromatic heterocycles. The molecular formula is C18H29Br. The van der Waals surface area contributed by atoms with E-state index in [0.717, 1.165) is 6.42 Å². The Morgan fingerprint density at radius 2 is 1.68 bits per heavy atom. The molecule has 0 spiro atoms. The third-order valence-electron chi connectivity index (χ3n) is 3.66. The standard InChI is InChI=1S/C18H29Br/c1-3-4-5-6-7-8-9-13-18(19)15-17-12-10-11-16(2)14-17/h10-12,14,18H,3-9,13,15H2,1-2H3. The lowest BCUT2D eigenvalue weighted by Crippen LogP contribution is -2.02. The van der Waals surface area contributed by atoms with Gasteiger partial charge in [0.1, 0.15) is 0 Å². The zero-order valence-electron chi connectivity index (χ0n) is 12.6. The zero-order chi connectivity index (χ0) is 13.9. The maximum Gasteiger partial charge on any atom is 0.0186 e. The molecule has 0 amide bonds. The number of benzene rings is 1.